The van der Waals surface area contributed by atoms with Crippen LogP contribution in [-0.2, 0) is 14.4 Å². The first kappa shape index (κ1) is 33.6. The fourth-order valence-electron chi connectivity index (χ4n) is 5.57. The van der Waals surface area contributed by atoms with Crippen molar-refractivity contribution in [3.63, 3.8) is 0 Å². The van der Waals surface area contributed by atoms with Crippen LogP contribution in [0.2, 0.25) is 0 Å². The Morgan fingerprint density at radius 2 is 1.47 bits per heavy atom. The molecule has 0 saturated heterocycles. The molecule has 0 saturated carbocycles. The molecule has 43 heavy (non-hydrogen) atoms. The standard InChI is InChI=1S/C30H33F6N3O4/c1-27(2,3)28(26(42)43,16-17-30(34,35)36)20(14-15-29(31,32)33)24(40)38-23-25(41)39(4)21-13-9-8-12-19(21)22(37-23)18-10-6-5-7-11-18/h5-13,20,23H,14-17H2,1-4H3,(H,38,40)(H,42,43)/t20-,23+,28-/m0/s1. The second-order valence-corrected chi connectivity index (χ2v) is 11.5. The molecule has 1 aliphatic rings. The molecule has 1 aliphatic heterocycles. The summed E-state index contributed by atoms with van der Waals surface area (Å²) in [6.45, 7) is 3.79. The average Bonchev–Trinajstić information content (AvgIpc) is 2.99. The van der Waals surface area contributed by atoms with Crippen molar-refractivity contribution in [3.8, 4) is 0 Å². The number of para-hydroxylation sites is 1. The highest BCUT2D eigenvalue weighted by Crippen LogP contribution is 2.52. The molecule has 13 heteroatoms. The molecule has 0 aliphatic carbocycles. The van der Waals surface area contributed by atoms with Crippen molar-refractivity contribution >= 4 is 29.2 Å². The molecule has 0 spiro atoms. The zero-order valence-electron chi connectivity index (χ0n) is 24.0. The molecule has 2 N–H and O–H groups in total. The number of carbonyl (C=O) groups excluding carboxylic acids is 2. The van der Waals surface area contributed by atoms with E-state index >= 15 is 0 Å². The number of carboxylic acid groups (broad SMARTS) is 1. The summed E-state index contributed by atoms with van der Waals surface area (Å²) in [4.78, 5) is 45.9. The van der Waals surface area contributed by atoms with E-state index in [1.807, 2.05) is 0 Å². The second kappa shape index (κ2) is 12.4. The predicted molar refractivity (Wildman–Crippen MR) is 147 cm³/mol. The lowest BCUT2D eigenvalue weighted by Gasteiger charge is -2.46. The van der Waals surface area contributed by atoms with Crippen molar-refractivity contribution < 1.29 is 45.8 Å². The molecule has 0 radical (unpaired) electrons. The average molecular weight is 614 g/mol. The fraction of sp³-hybridized carbons (Fsp3) is 0.467. The maximum absolute atomic E-state index is 13.9. The van der Waals surface area contributed by atoms with Crippen molar-refractivity contribution in [2.45, 2.75) is 65.0 Å². The van der Waals surface area contributed by atoms with Gasteiger partial charge in [-0.3, -0.25) is 14.4 Å². The van der Waals surface area contributed by atoms with Crippen molar-refractivity contribution in [3.05, 3.63) is 65.7 Å². The Labute approximate surface area is 245 Å². The van der Waals surface area contributed by atoms with Gasteiger partial charge in [-0.2, -0.15) is 26.3 Å². The van der Waals surface area contributed by atoms with Crippen molar-refractivity contribution in [1.82, 2.24) is 5.32 Å². The van der Waals surface area contributed by atoms with E-state index < -0.39 is 78.7 Å². The first-order valence-electron chi connectivity index (χ1n) is 13.5. The molecular formula is C30H33F6N3O4. The largest absolute Gasteiger partial charge is 0.481 e. The number of fused-ring (bicyclic) bond motifs is 1. The highest BCUT2D eigenvalue weighted by Gasteiger charge is 2.58. The number of likely N-dealkylation sites (N-methyl/N-ethyl adjacent to an activating group) is 1. The van der Waals surface area contributed by atoms with Crippen molar-refractivity contribution in [2.75, 3.05) is 11.9 Å². The number of rotatable bonds is 9. The van der Waals surface area contributed by atoms with Gasteiger partial charge in [-0.15, -0.1) is 0 Å². The molecule has 1 heterocycles. The Hall–Kier alpha value is -3.90. The second-order valence-electron chi connectivity index (χ2n) is 11.5. The first-order valence-corrected chi connectivity index (χ1v) is 13.5. The van der Waals surface area contributed by atoms with Gasteiger partial charge in [-0.1, -0.05) is 69.3 Å². The van der Waals surface area contributed by atoms with E-state index in [0.717, 1.165) is 0 Å². The summed E-state index contributed by atoms with van der Waals surface area (Å²) in [6.07, 6.45) is -17.0. The molecule has 3 atom stereocenters. The quantitative estimate of drug-likeness (QED) is 0.322. The number of nitrogens with one attached hydrogen (secondary N) is 1. The highest BCUT2D eigenvalue weighted by atomic mass is 19.4. The number of alkyl halides is 6. The fourth-order valence-corrected chi connectivity index (χ4v) is 5.57. The summed E-state index contributed by atoms with van der Waals surface area (Å²) in [5.74, 6) is -6.06. The predicted octanol–water partition coefficient (Wildman–Crippen LogP) is 6.36. The smallest absolute Gasteiger partial charge is 0.389 e. The zero-order valence-corrected chi connectivity index (χ0v) is 24.0. The van der Waals surface area contributed by atoms with Gasteiger partial charge in [0.25, 0.3) is 5.91 Å². The van der Waals surface area contributed by atoms with Gasteiger partial charge in [-0.25, -0.2) is 4.99 Å². The summed E-state index contributed by atoms with van der Waals surface area (Å²) < 4.78 is 80.4. The van der Waals surface area contributed by atoms with Crippen LogP contribution < -0.4 is 10.2 Å². The van der Waals surface area contributed by atoms with E-state index in [1.165, 1.54) is 32.7 Å². The normalized spacial score (nSPS) is 18.2. The molecule has 0 fully saturated rings. The minimum Gasteiger partial charge on any atom is -0.481 e. The number of anilines is 1. The van der Waals surface area contributed by atoms with Crippen LogP contribution in [0.5, 0.6) is 0 Å². The Bertz CT molecular complexity index is 1370. The van der Waals surface area contributed by atoms with E-state index in [4.69, 9.17) is 0 Å². The van der Waals surface area contributed by atoms with E-state index in [0.29, 0.717) is 16.8 Å². The van der Waals surface area contributed by atoms with Crippen LogP contribution in [0.4, 0.5) is 32.0 Å². The monoisotopic (exact) mass is 613 g/mol. The Morgan fingerprint density at radius 1 is 0.907 bits per heavy atom. The van der Waals surface area contributed by atoms with Crippen LogP contribution in [0.1, 0.15) is 57.6 Å². The molecular weight excluding hydrogens is 580 g/mol. The summed E-state index contributed by atoms with van der Waals surface area (Å²) in [5.41, 5.74) is -2.47. The third-order valence-corrected chi connectivity index (χ3v) is 7.82. The summed E-state index contributed by atoms with van der Waals surface area (Å²) in [5, 5.41) is 12.6. The van der Waals surface area contributed by atoms with Crippen LogP contribution in [-0.4, -0.2) is 54.2 Å². The van der Waals surface area contributed by atoms with Gasteiger partial charge in [0.15, 0.2) is 0 Å². The Kier molecular flexibility index (Phi) is 9.67. The molecule has 7 nitrogen and oxygen atoms in total. The molecule has 2 aromatic carbocycles. The number of hydrogen-bond acceptors (Lipinski definition) is 4. The molecule has 234 valence electrons. The lowest BCUT2D eigenvalue weighted by molar-refractivity contribution is -0.182. The van der Waals surface area contributed by atoms with E-state index in [9.17, 15) is 45.8 Å². The van der Waals surface area contributed by atoms with Gasteiger partial charge >= 0.3 is 18.3 Å². The van der Waals surface area contributed by atoms with Crippen LogP contribution in [0, 0.1) is 16.7 Å². The minimum atomic E-state index is -4.85. The summed E-state index contributed by atoms with van der Waals surface area (Å²) in [7, 11) is 1.41. The number of hydrogen-bond donors (Lipinski definition) is 2. The number of nitrogens with zero attached hydrogens (tertiary/aromatic N) is 2. The summed E-state index contributed by atoms with van der Waals surface area (Å²) in [6, 6.07) is 15.3. The number of amides is 2. The van der Waals surface area contributed by atoms with Gasteiger partial charge in [0.05, 0.1) is 22.7 Å². The third kappa shape index (κ3) is 7.55. The highest BCUT2D eigenvalue weighted by molar-refractivity contribution is 6.20. The lowest BCUT2D eigenvalue weighted by Crippen LogP contribution is -2.57. The number of benzene rings is 2. The SMILES string of the molecule is CN1C(=O)[C@@H](NC(=O)[C@H](CCC(F)(F)F)[C@@](CCC(F)(F)F)(C(=O)O)C(C)(C)C)N=C(c2ccccc2)c2ccccc21. The van der Waals surface area contributed by atoms with Gasteiger partial charge < -0.3 is 15.3 Å². The molecule has 0 bridgehead atoms. The Balaban J connectivity index is 2.16. The first-order chi connectivity index (χ1) is 19.8. The summed E-state index contributed by atoms with van der Waals surface area (Å²) >= 11 is 0. The number of carbonyl (C=O) groups is 3. The van der Waals surface area contributed by atoms with Gasteiger partial charge in [0.2, 0.25) is 12.1 Å². The van der Waals surface area contributed by atoms with Crippen LogP contribution in [0.25, 0.3) is 0 Å². The topological polar surface area (TPSA) is 99.1 Å². The Morgan fingerprint density at radius 3 is 2.00 bits per heavy atom. The van der Waals surface area contributed by atoms with Gasteiger partial charge in [0, 0.05) is 31.0 Å². The van der Waals surface area contributed by atoms with E-state index in [2.05, 4.69) is 10.3 Å². The van der Waals surface area contributed by atoms with E-state index in [1.54, 1.807) is 54.6 Å². The number of benzodiazepines with no additional fused rings is 1. The molecule has 3 rings (SSSR count). The number of aliphatic imine (C=N–C) groups is 1. The third-order valence-electron chi connectivity index (χ3n) is 7.82. The maximum Gasteiger partial charge on any atom is 0.389 e. The maximum atomic E-state index is 13.9. The minimum absolute atomic E-state index is 0.267. The number of halogens is 6. The molecule has 2 aromatic rings. The number of carboxylic acids is 1. The van der Waals surface area contributed by atoms with Crippen LogP contribution in [0.3, 0.4) is 0 Å². The molecule has 2 amide bonds. The van der Waals surface area contributed by atoms with Crippen molar-refractivity contribution in [1.29, 1.82) is 0 Å². The van der Waals surface area contributed by atoms with Gasteiger partial charge in [-0.05, 0) is 24.3 Å². The van der Waals surface area contributed by atoms with Crippen LogP contribution >= 0.6 is 0 Å². The zero-order chi connectivity index (χ0) is 32.4. The van der Waals surface area contributed by atoms with E-state index in [-0.39, 0.29) is 5.71 Å². The molecule has 0 unspecified atom stereocenters. The number of aliphatic carboxylic acids is 1. The lowest BCUT2D eigenvalue weighted by atomic mass is 9.56. The molecule has 0 aromatic heterocycles. The van der Waals surface area contributed by atoms with Gasteiger partial charge in [0.1, 0.15) is 0 Å². The van der Waals surface area contributed by atoms with Crippen molar-refractivity contribution in [2.24, 2.45) is 21.7 Å². The van der Waals surface area contributed by atoms with Crippen LogP contribution in [0.15, 0.2) is 59.6 Å².